The summed E-state index contributed by atoms with van der Waals surface area (Å²) in [7, 11) is -3.55. The average molecular weight is 409 g/mol. The number of benzene rings is 2. The number of hydrogen-bond acceptors (Lipinski definition) is 2. The molecule has 0 N–H and O–H groups in total. The van der Waals surface area contributed by atoms with Gasteiger partial charge in [0.2, 0.25) is 10.0 Å². The summed E-state index contributed by atoms with van der Waals surface area (Å²) in [5, 5.41) is 1.30. The smallest absolute Gasteiger partial charge is 0.236 e. The summed E-state index contributed by atoms with van der Waals surface area (Å²) in [5.41, 5.74) is 4.25. The number of hydrogen-bond donors (Lipinski definition) is 0. The molecule has 0 spiro atoms. The molecule has 2 aromatic carbocycles. The Morgan fingerprint density at radius 1 is 0.966 bits per heavy atom. The van der Waals surface area contributed by atoms with Gasteiger partial charge in [-0.05, 0) is 50.1 Å². The van der Waals surface area contributed by atoms with Crippen molar-refractivity contribution in [1.82, 2.24) is 8.87 Å². The van der Waals surface area contributed by atoms with E-state index in [0.717, 1.165) is 11.3 Å². The van der Waals surface area contributed by atoms with Crippen LogP contribution in [-0.2, 0) is 23.1 Å². The molecule has 1 heterocycles. The Morgan fingerprint density at radius 2 is 1.66 bits per heavy atom. The number of aromatic nitrogens is 1. The van der Waals surface area contributed by atoms with Crippen LogP contribution in [0.15, 0.2) is 78.3 Å². The molecule has 4 nitrogen and oxygen atoms in total. The fourth-order valence-corrected chi connectivity index (χ4v) is 4.56. The maximum atomic E-state index is 13.0. The Balaban J connectivity index is 1.80. The van der Waals surface area contributed by atoms with Crippen LogP contribution in [0, 0.1) is 6.92 Å². The molecular formula is C24H28N2O2S. The van der Waals surface area contributed by atoms with Crippen LogP contribution in [0.2, 0.25) is 0 Å². The molecule has 3 aromatic rings. The van der Waals surface area contributed by atoms with Gasteiger partial charge < -0.3 is 4.57 Å². The molecule has 0 atom stereocenters. The highest BCUT2D eigenvalue weighted by atomic mass is 32.2. The van der Waals surface area contributed by atoms with Crippen molar-refractivity contribution in [2.45, 2.75) is 39.9 Å². The minimum atomic E-state index is -3.55. The molecule has 0 fully saturated rings. The summed E-state index contributed by atoms with van der Waals surface area (Å²) in [4.78, 5) is 0. The van der Waals surface area contributed by atoms with E-state index in [1.807, 2.05) is 62.5 Å². The number of sulfonamides is 1. The second-order valence-corrected chi connectivity index (χ2v) is 9.28. The molecule has 1 aromatic heterocycles. The minimum Gasteiger partial charge on any atom is -0.346 e. The lowest BCUT2D eigenvalue weighted by molar-refractivity contribution is 0.345. The fourth-order valence-electron chi connectivity index (χ4n) is 3.17. The van der Waals surface area contributed by atoms with Gasteiger partial charge in [-0.3, -0.25) is 0 Å². The average Bonchev–Trinajstić information content (AvgIpc) is 3.13. The Hall–Kier alpha value is -2.63. The molecule has 0 aliphatic rings. The Bertz CT molecular complexity index is 1050. The van der Waals surface area contributed by atoms with Crippen molar-refractivity contribution < 1.29 is 8.42 Å². The zero-order valence-electron chi connectivity index (χ0n) is 17.2. The minimum absolute atomic E-state index is 0.150. The lowest BCUT2D eigenvalue weighted by Gasteiger charge is -2.25. The standard InChI is InChI=1S/C24H28N2O2S/c1-20(2)26(29(27,28)17-15-22-8-5-4-6-9-22)19-24-10-7-16-25(24)18-23-13-11-21(3)12-14-23/h4-17,20H,18-19H2,1-3H3/b17-15+. The first-order valence-corrected chi connectivity index (χ1v) is 11.3. The van der Waals surface area contributed by atoms with Crippen LogP contribution < -0.4 is 0 Å². The summed E-state index contributed by atoms with van der Waals surface area (Å²) in [5.74, 6) is 0. The lowest BCUT2D eigenvalue weighted by atomic mass is 10.1. The van der Waals surface area contributed by atoms with E-state index in [9.17, 15) is 8.42 Å². The Kier molecular flexibility index (Phi) is 6.72. The zero-order valence-corrected chi connectivity index (χ0v) is 18.0. The summed E-state index contributed by atoms with van der Waals surface area (Å²) in [6, 6.07) is 21.7. The van der Waals surface area contributed by atoms with Gasteiger partial charge in [0, 0.05) is 29.9 Å². The van der Waals surface area contributed by atoms with Gasteiger partial charge in [0.15, 0.2) is 0 Å². The molecule has 0 aliphatic carbocycles. The molecule has 0 amide bonds. The summed E-state index contributed by atoms with van der Waals surface area (Å²) < 4.78 is 29.7. The highest BCUT2D eigenvalue weighted by molar-refractivity contribution is 7.92. The Morgan fingerprint density at radius 3 is 2.31 bits per heavy atom. The van der Waals surface area contributed by atoms with Gasteiger partial charge in [0.05, 0.1) is 6.54 Å². The van der Waals surface area contributed by atoms with Gasteiger partial charge in [0.1, 0.15) is 0 Å². The third kappa shape index (κ3) is 5.68. The quantitative estimate of drug-likeness (QED) is 0.523. The number of rotatable bonds is 8. The molecule has 5 heteroatoms. The van der Waals surface area contributed by atoms with E-state index in [4.69, 9.17) is 0 Å². The van der Waals surface area contributed by atoms with Gasteiger partial charge in [-0.15, -0.1) is 0 Å². The zero-order chi connectivity index (χ0) is 20.9. The second kappa shape index (κ2) is 9.25. The van der Waals surface area contributed by atoms with E-state index in [2.05, 4.69) is 35.8 Å². The van der Waals surface area contributed by atoms with Crippen LogP contribution in [0.3, 0.4) is 0 Å². The van der Waals surface area contributed by atoms with Gasteiger partial charge in [-0.25, -0.2) is 8.42 Å². The van der Waals surface area contributed by atoms with E-state index in [0.29, 0.717) is 13.1 Å². The van der Waals surface area contributed by atoms with Crippen molar-refractivity contribution in [3.63, 3.8) is 0 Å². The van der Waals surface area contributed by atoms with Crippen molar-refractivity contribution in [3.05, 3.63) is 101 Å². The van der Waals surface area contributed by atoms with Gasteiger partial charge in [-0.1, -0.05) is 60.2 Å². The third-order valence-electron chi connectivity index (χ3n) is 4.85. The van der Waals surface area contributed by atoms with Crippen LogP contribution in [0.4, 0.5) is 0 Å². The number of nitrogens with zero attached hydrogens (tertiary/aromatic N) is 2. The molecule has 152 valence electrons. The molecular weight excluding hydrogens is 380 g/mol. The highest BCUT2D eigenvalue weighted by Gasteiger charge is 2.23. The predicted octanol–water partition coefficient (Wildman–Crippen LogP) is 5.06. The maximum absolute atomic E-state index is 13.0. The SMILES string of the molecule is Cc1ccc(Cn2cccc2CN(C(C)C)S(=O)(=O)/C=C/c2ccccc2)cc1. The van der Waals surface area contributed by atoms with Gasteiger partial charge in [0.25, 0.3) is 0 Å². The van der Waals surface area contributed by atoms with Crippen LogP contribution in [0.25, 0.3) is 6.08 Å². The molecule has 0 bridgehead atoms. The van der Waals surface area contributed by atoms with E-state index < -0.39 is 10.0 Å². The van der Waals surface area contributed by atoms with Gasteiger partial charge in [-0.2, -0.15) is 4.31 Å². The van der Waals surface area contributed by atoms with E-state index in [-0.39, 0.29) is 6.04 Å². The first-order chi connectivity index (χ1) is 13.8. The van der Waals surface area contributed by atoms with Crippen molar-refractivity contribution in [1.29, 1.82) is 0 Å². The largest absolute Gasteiger partial charge is 0.346 e. The van der Waals surface area contributed by atoms with Crippen LogP contribution >= 0.6 is 0 Å². The normalized spacial score (nSPS) is 12.3. The summed E-state index contributed by atoms with van der Waals surface area (Å²) >= 11 is 0. The number of aryl methyl sites for hydroxylation is 1. The molecule has 0 saturated heterocycles. The molecule has 0 saturated carbocycles. The van der Waals surface area contributed by atoms with Crippen LogP contribution in [-0.4, -0.2) is 23.3 Å². The van der Waals surface area contributed by atoms with Crippen LogP contribution in [0.5, 0.6) is 0 Å². The summed E-state index contributed by atoms with van der Waals surface area (Å²) in [6.45, 7) is 6.92. The maximum Gasteiger partial charge on any atom is 0.236 e. The first-order valence-electron chi connectivity index (χ1n) is 9.80. The van der Waals surface area contributed by atoms with E-state index in [1.165, 1.54) is 20.8 Å². The first kappa shape index (κ1) is 21.1. The van der Waals surface area contributed by atoms with Gasteiger partial charge >= 0.3 is 0 Å². The summed E-state index contributed by atoms with van der Waals surface area (Å²) in [6.07, 6.45) is 3.65. The van der Waals surface area contributed by atoms with Crippen LogP contribution in [0.1, 0.15) is 36.2 Å². The second-order valence-electron chi connectivity index (χ2n) is 7.51. The Labute approximate surface area is 174 Å². The van der Waals surface area contributed by atoms with E-state index in [1.54, 1.807) is 6.08 Å². The molecule has 0 radical (unpaired) electrons. The monoisotopic (exact) mass is 408 g/mol. The molecule has 0 aliphatic heterocycles. The molecule has 3 rings (SSSR count). The topological polar surface area (TPSA) is 42.3 Å². The highest BCUT2D eigenvalue weighted by Crippen LogP contribution is 2.18. The van der Waals surface area contributed by atoms with Crippen molar-refractivity contribution >= 4 is 16.1 Å². The van der Waals surface area contributed by atoms with Crippen molar-refractivity contribution in [2.24, 2.45) is 0 Å². The molecule has 0 unspecified atom stereocenters. The third-order valence-corrected chi connectivity index (χ3v) is 6.53. The van der Waals surface area contributed by atoms with Crippen molar-refractivity contribution in [2.75, 3.05) is 0 Å². The fraction of sp³-hybridized carbons (Fsp3) is 0.250. The van der Waals surface area contributed by atoms with Crippen molar-refractivity contribution in [3.8, 4) is 0 Å². The lowest BCUT2D eigenvalue weighted by Crippen LogP contribution is -2.35. The molecule has 29 heavy (non-hydrogen) atoms. The predicted molar refractivity (Wildman–Crippen MR) is 120 cm³/mol. The van der Waals surface area contributed by atoms with E-state index >= 15 is 0 Å².